The Morgan fingerprint density at radius 2 is 2.13 bits per heavy atom. The van der Waals surface area contributed by atoms with Crippen LogP contribution in [-0.4, -0.2) is 59.7 Å². The van der Waals surface area contributed by atoms with Crippen molar-refractivity contribution in [3.05, 3.63) is 22.4 Å². The maximum atomic E-state index is 12.4. The van der Waals surface area contributed by atoms with Crippen LogP contribution in [0.15, 0.2) is 17.5 Å². The maximum absolute atomic E-state index is 12.4. The zero-order chi connectivity index (χ0) is 16.6. The number of hydrogen-bond donors (Lipinski definition) is 1. The molecule has 0 aromatic carbocycles. The molecule has 2 saturated heterocycles. The molecule has 3 rings (SSSR count). The van der Waals surface area contributed by atoms with Gasteiger partial charge in [0.1, 0.15) is 6.04 Å². The Kier molecular flexibility index (Phi) is 4.39. The number of carbonyl (C=O) groups excluding carboxylic acids is 3. The van der Waals surface area contributed by atoms with Gasteiger partial charge < -0.3 is 15.1 Å². The summed E-state index contributed by atoms with van der Waals surface area (Å²) >= 11 is 1.58. The smallest absolute Gasteiger partial charge is 0.242 e. The van der Waals surface area contributed by atoms with Gasteiger partial charge in [-0.05, 0) is 17.9 Å². The fourth-order valence-corrected chi connectivity index (χ4v) is 4.46. The van der Waals surface area contributed by atoms with Crippen LogP contribution in [0.2, 0.25) is 0 Å². The van der Waals surface area contributed by atoms with E-state index in [0.717, 1.165) is 4.88 Å². The Morgan fingerprint density at radius 1 is 1.35 bits per heavy atom. The summed E-state index contributed by atoms with van der Waals surface area (Å²) in [4.78, 5) is 41.0. The molecule has 0 bridgehead atoms. The van der Waals surface area contributed by atoms with Crippen LogP contribution in [0.1, 0.15) is 18.2 Å². The van der Waals surface area contributed by atoms with Crippen molar-refractivity contribution in [3.63, 3.8) is 0 Å². The van der Waals surface area contributed by atoms with E-state index < -0.39 is 6.04 Å². The SMILES string of the molecule is CNC(=O)[C@H]1C[C@@H]2CN(C(=O)Cc3cccs3)C[C@@H]2N1C(C)=O. The van der Waals surface area contributed by atoms with E-state index in [-0.39, 0.29) is 29.7 Å². The van der Waals surface area contributed by atoms with Gasteiger partial charge in [-0.3, -0.25) is 14.4 Å². The van der Waals surface area contributed by atoms with Gasteiger partial charge in [0, 0.05) is 37.9 Å². The van der Waals surface area contributed by atoms with E-state index >= 15 is 0 Å². The standard InChI is InChI=1S/C16H21N3O3S/c1-10(20)19-13(16(22)17-2)6-11-8-18(9-14(11)19)15(21)7-12-4-3-5-23-12/h3-5,11,13-14H,6-9H2,1-2H3,(H,17,22)/t11-,13-,14+/m1/s1. The fourth-order valence-electron chi connectivity index (χ4n) is 3.76. The number of likely N-dealkylation sites (tertiary alicyclic amines) is 2. The third-order valence-electron chi connectivity index (χ3n) is 4.80. The molecule has 23 heavy (non-hydrogen) atoms. The molecule has 2 aliphatic rings. The number of rotatable bonds is 3. The van der Waals surface area contributed by atoms with Gasteiger partial charge in [-0.15, -0.1) is 11.3 Å². The van der Waals surface area contributed by atoms with E-state index in [1.165, 1.54) is 6.92 Å². The lowest BCUT2D eigenvalue weighted by molar-refractivity contribution is -0.139. The molecule has 3 atom stereocenters. The molecule has 0 radical (unpaired) electrons. The summed E-state index contributed by atoms with van der Waals surface area (Å²) in [5.41, 5.74) is 0. The highest BCUT2D eigenvalue weighted by Crippen LogP contribution is 2.36. The van der Waals surface area contributed by atoms with Gasteiger partial charge in [0.05, 0.1) is 12.5 Å². The molecule has 0 saturated carbocycles. The van der Waals surface area contributed by atoms with Gasteiger partial charge in [-0.25, -0.2) is 0 Å². The monoisotopic (exact) mass is 335 g/mol. The van der Waals surface area contributed by atoms with Crippen molar-refractivity contribution in [2.45, 2.75) is 31.8 Å². The van der Waals surface area contributed by atoms with Crippen LogP contribution >= 0.6 is 11.3 Å². The Labute approximate surface area is 139 Å². The van der Waals surface area contributed by atoms with Crippen molar-refractivity contribution in [2.24, 2.45) is 5.92 Å². The number of nitrogens with zero attached hydrogens (tertiary/aromatic N) is 2. The maximum Gasteiger partial charge on any atom is 0.242 e. The molecule has 0 aliphatic carbocycles. The van der Waals surface area contributed by atoms with E-state index in [1.807, 2.05) is 22.4 Å². The highest BCUT2D eigenvalue weighted by molar-refractivity contribution is 7.10. The Hall–Kier alpha value is -1.89. The minimum Gasteiger partial charge on any atom is -0.357 e. The number of thiophene rings is 1. The van der Waals surface area contributed by atoms with Crippen LogP contribution in [0.4, 0.5) is 0 Å². The lowest BCUT2D eigenvalue weighted by Crippen LogP contribution is -2.49. The number of amides is 3. The Bertz CT molecular complexity index is 616. The third kappa shape index (κ3) is 2.97. The van der Waals surface area contributed by atoms with Crippen LogP contribution in [0, 0.1) is 5.92 Å². The summed E-state index contributed by atoms with van der Waals surface area (Å²) in [6.45, 7) is 2.66. The first-order chi connectivity index (χ1) is 11.0. The first-order valence-electron chi connectivity index (χ1n) is 7.82. The zero-order valence-corrected chi connectivity index (χ0v) is 14.1. The van der Waals surface area contributed by atoms with Crippen molar-refractivity contribution >= 4 is 29.1 Å². The van der Waals surface area contributed by atoms with Crippen molar-refractivity contribution in [1.29, 1.82) is 0 Å². The molecule has 1 N–H and O–H groups in total. The summed E-state index contributed by atoms with van der Waals surface area (Å²) in [5.74, 6) is 0.0695. The van der Waals surface area contributed by atoms with Crippen LogP contribution < -0.4 is 5.32 Å². The number of carbonyl (C=O) groups is 3. The molecule has 2 fully saturated rings. The molecule has 7 heteroatoms. The molecule has 1 aromatic heterocycles. The quantitative estimate of drug-likeness (QED) is 0.874. The highest BCUT2D eigenvalue weighted by Gasteiger charge is 2.50. The minimum absolute atomic E-state index is 0.0397. The Balaban J connectivity index is 1.69. The van der Waals surface area contributed by atoms with Gasteiger partial charge in [0.25, 0.3) is 0 Å². The average Bonchev–Trinajstić information content (AvgIpc) is 3.20. The number of nitrogens with one attached hydrogen (secondary N) is 1. The summed E-state index contributed by atoms with van der Waals surface area (Å²) < 4.78 is 0. The van der Waals surface area contributed by atoms with Crippen LogP contribution in [0.25, 0.3) is 0 Å². The summed E-state index contributed by atoms with van der Waals surface area (Å²) in [7, 11) is 1.59. The predicted octanol–water partition coefficient (Wildman–Crippen LogP) is 0.484. The molecule has 124 valence electrons. The van der Waals surface area contributed by atoms with Crippen LogP contribution in [-0.2, 0) is 20.8 Å². The van der Waals surface area contributed by atoms with Crippen molar-refractivity contribution < 1.29 is 14.4 Å². The van der Waals surface area contributed by atoms with Gasteiger partial charge >= 0.3 is 0 Å². The van der Waals surface area contributed by atoms with Crippen molar-refractivity contribution in [2.75, 3.05) is 20.1 Å². The fraction of sp³-hybridized carbons (Fsp3) is 0.562. The molecular formula is C16H21N3O3S. The summed E-state index contributed by atoms with van der Waals surface area (Å²) in [6, 6.07) is 3.46. The second-order valence-corrected chi connectivity index (χ2v) is 7.21. The lowest BCUT2D eigenvalue weighted by atomic mass is 10.0. The Morgan fingerprint density at radius 3 is 2.74 bits per heavy atom. The topological polar surface area (TPSA) is 69.7 Å². The second kappa shape index (κ2) is 6.31. The molecule has 6 nitrogen and oxygen atoms in total. The predicted molar refractivity (Wildman–Crippen MR) is 86.9 cm³/mol. The lowest BCUT2D eigenvalue weighted by Gasteiger charge is -2.28. The minimum atomic E-state index is -0.401. The van der Waals surface area contributed by atoms with Crippen LogP contribution in [0.3, 0.4) is 0 Å². The molecule has 0 spiro atoms. The molecule has 2 aliphatic heterocycles. The summed E-state index contributed by atoms with van der Waals surface area (Å²) in [5, 5.41) is 4.60. The van der Waals surface area contributed by atoms with Gasteiger partial charge in [0.15, 0.2) is 0 Å². The van der Waals surface area contributed by atoms with Gasteiger partial charge in [0.2, 0.25) is 17.7 Å². The first-order valence-corrected chi connectivity index (χ1v) is 8.70. The number of likely N-dealkylation sites (N-methyl/N-ethyl adjacent to an activating group) is 1. The molecule has 3 heterocycles. The highest BCUT2D eigenvalue weighted by atomic mass is 32.1. The van der Waals surface area contributed by atoms with Gasteiger partial charge in [-0.2, -0.15) is 0 Å². The first kappa shape index (κ1) is 16.0. The van der Waals surface area contributed by atoms with Gasteiger partial charge in [-0.1, -0.05) is 6.07 Å². The number of fused-ring (bicyclic) bond motifs is 1. The zero-order valence-electron chi connectivity index (χ0n) is 13.3. The van der Waals surface area contributed by atoms with E-state index in [4.69, 9.17) is 0 Å². The van der Waals surface area contributed by atoms with E-state index in [0.29, 0.717) is 25.9 Å². The molecule has 0 unspecified atom stereocenters. The molecule has 1 aromatic rings. The molecular weight excluding hydrogens is 314 g/mol. The van der Waals surface area contributed by atoms with Crippen molar-refractivity contribution in [1.82, 2.24) is 15.1 Å². The average molecular weight is 335 g/mol. The van der Waals surface area contributed by atoms with E-state index in [2.05, 4.69) is 5.32 Å². The van der Waals surface area contributed by atoms with Crippen molar-refractivity contribution in [3.8, 4) is 0 Å². The molecule has 3 amide bonds. The van der Waals surface area contributed by atoms with E-state index in [9.17, 15) is 14.4 Å². The second-order valence-electron chi connectivity index (χ2n) is 6.17. The summed E-state index contributed by atoms with van der Waals surface area (Å²) in [6.07, 6.45) is 1.04. The largest absolute Gasteiger partial charge is 0.357 e. The number of hydrogen-bond acceptors (Lipinski definition) is 4. The van der Waals surface area contributed by atoms with Crippen LogP contribution in [0.5, 0.6) is 0 Å². The van der Waals surface area contributed by atoms with E-state index in [1.54, 1.807) is 23.3 Å². The normalized spacial score (nSPS) is 26.3. The third-order valence-corrected chi connectivity index (χ3v) is 5.67.